The molecule has 2 heterocycles. The first-order chi connectivity index (χ1) is 16.2. The Morgan fingerprint density at radius 3 is 2.68 bits per heavy atom. The fourth-order valence-electron chi connectivity index (χ4n) is 4.24. The lowest BCUT2D eigenvalue weighted by atomic mass is 10.1. The molecule has 0 amide bonds. The summed E-state index contributed by atoms with van der Waals surface area (Å²) in [6.45, 7) is 2.29. The molecule has 1 aliphatic rings. The Kier molecular flexibility index (Phi) is 6.74. The monoisotopic (exact) mass is 486 g/mol. The van der Waals surface area contributed by atoms with Crippen molar-refractivity contribution in [2.45, 2.75) is 31.6 Å². The van der Waals surface area contributed by atoms with Crippen LogP contribution in [0.4, 0.5) is 5.82 Å². The molecule has 0 saturated heterocycles. The van der Waals surface area contributed by atoms with Gasteiger partial charge in [-0.2, -0.15) is 8.42 Å². The van der Waals surface area contributed by atoms with Gasteiger partial charge in [-0.3, -0.25) is 0 Å². The number of ether oxygens (including phenoxy) is 1. The molecule has 1 saturated carbocycles. The van der Waals surface area contributed by atoms with Crippen LogP contribution in [0.25, 0.3) is 11.0 Å². The molecule has 3 aromatic rings. The van der Waals surface area contributed by atoms with Crippen molar-refractivity contribution in [1.82, 2.24) is 19.3 Å². The van der Waals surface area contributed by atoms with Gasteiger partial charge in [-0.05, 0) is 25.5 Å². The molecule has 0 bridgehead atoms. The highest BCUT2D eigenvalue weighted by Crippen LogP contribution is 2.38. The van der Waals surface area contributed by atoms with Crippen LogP contribution >= 0.6 is 0 Å². The molecule has 1 aromatic carbocycles. The van der Waals surface area contributed by atoms with Crippen LogP contribution in [-0.4, -0.2) is 58.5 Å². The van der Waals surface area contributed by atoms with E-state index in [1.54, 1.807) is 10.8 Å². The zero-order valence-electron chi connectivity index (χ0n) is 18.4. The van der Waals surface area contributed by atoms with Gasteiger partial charge in [0.25, 0.3) is 10.2 Å². The highest BCUT2D eigenvalue weighted by Gasteiger charge is 2.43. The molecule has 0 unspecified atom stereocenters. The average molecular weight is 487 g/mol. The van der Waals surface area contributed by atoms with E-state index in [-0.39, 0.29) is 18.8 Å². The number of hydrogen-bond acceptors (Lipinski definition) is 8. The first kappa shape index (κ1) is 23.9. The Labute approximate surface area is 196 Å². The summed E-state index contributed by atoms with van der Waals surface area (Å²) in [5.74, 6) is 6.54. The number of anilines is 1. The second-order valence-electron chi connectivity index (χ2n) is 8.02. The SMILES string of the molecule is CCOc1ccccc1C#Cc1cn([C@@H]2C[C@H](CNS(N)(=O)=O)[C@@H](O)[C@H]2O)c2ncnc(N)c12. The minimum atomic E-state index is -3.93. The number of para-hydroxylation sites is 1. The number of aliphatic hydroxyl groups excluding tert-OH is 2. The van der Waals surface area contributed by atoms with Gasteiger partial charge in [-0.25, -0.2) is 19.8 Å². The molecular formula is C22H26N6O5S. The predicted octanol–water partition coefficient (Wildman–Crippen LogP) is -0.112. The molecule has 2 aromatic heterocycles. The maximum atomic E-state index is 11.3. The van der Waals surface area contributed by atoms with Crippen molar-refractivity contribution >= 4 is 27.1 Å². The third-order valence-electron chi connectivity index (χ3n) is 5.83. The Bertz CT molecular complexity index is 1360. The Morgan fingerprint density at radius 2 is 1.94 bits per heavy atom. The summed E-state index contributed by atoms with van der Waals surface area (Å²) < 4.78 is 32.0. The first-order valence-electron chi connectivity index (χ1n) is 10.7. The second kappa shape index (κ2) is 9.57. The lowest BCUT2D eigenvalue weighted by Crippen LogP contribution is -2.38. The molecule has 4 rings (SSSR count). The fourth-order valence-corrected chi connectivity index (χ4v) is 4.69. The topological polar surface area (TPSA) is 179 Å². The third-order valence-corrected chi connectivity index (χ3v) is 6.40. The summed E-state index contributed by atoms with van der Waals surface area (Å²) in [6.07, 6.45) is 0.968. The molecule has 0 spiro atoms. The number of fused-ring (bicyclic) bond motifs is 1. The molecule has 1 fully saturated rings. The summed E-state index contributed by atoms with van der Waals surface area (Å²) in [6, 6.07) is 6.81. The van der Waals surface area contributed by atoms with E-state index < -0.39 is 34.4 Å². The lowest BCUT2D eigenvalue weighted by molar-refractivity contribution is 0.00769. The zero-order valence-corrected chi connectivity index (χ0v) is 19.2. The summed E-state index contributed by atoms with van der Waals surface area (Å²) in [5, 5.41) is 26.8. The van der Waals surface area contributed by atoms with Crippen molar-refractivity contribution < 1.29 is 23.4 Å². The minimum absolute atomic E-state index is 0.106. The molecule has 180 valence electrons. The van der Waals surface area contributed by atoms with Gasteiger partial charge >= 0.3 is 0 Å². The van der Waals surface area contributed by atoms with Gasteiger partial charge in [-0.15, -0.1) is 0 Å². The van der Waals surface area contributed by atoms with E-state index in [9.17, 15) is 18.6 Å². The fraction of sp³-hybridized carbons (Fsp3) is 0.364. The summed E-state index contributed by atoms with van der Waals surface area (Å²) in [5.41, 5.74) is 7.84. The van der Waals surface area contributed by atoms with E-state index in [1.165, 1.54) is 6.33 Å². The number of aromatic nitrogens is 3. The van der Waals surface area contributed by atoms with Gasteiger partial charge in [0.2, 0.25) is 0 Å². The summed E-state index contributed by atoms with van der Waals surface area (Å²) >= 11 is 0. The van der Waals surface area contributed by atoms with E-state index in [0.29, 0.717) is 34.5 Å². The minimum Gasteiger partial charge on any atom is -0.493 e. The normalized spacial score (nSPS) is 22.5. The molecule has 7 N–H and O–H groups in total. The van der Waals surface area contributed by atoms with E-state index >= 15 is 0 Å². The van der Waals surface area contributed by atoms with Gasteiger partial charge in [0, 0.05) is 18.7 Å². The highest BCUT2D eigenvalue weighted by molar-refractivity contribution is 7.87. The van der Waals surface area contributed by atoms with Gasteiger partial charge in [-0.1, -0.05) is 24.0 Å². The van der Waals surface area contributed by atoms with Gasteiger partial charge < -0.3 is 25.3 Å². The van der Waals surface area contributed by atoms with Crippen molar-refractivity contribution in [2.75, 3.05) is 18.9 Å². The van der Waals surface area contributed by atoms with Crippen LogP contribution in [0.15, 0.2) is 36.8 Å². The number of nitrogens with two attached hydrogens (primary N) is 2. The predicted molar refractivity (Wildman–Crippen MR) is 126 cm³/mol. The highest BCUT2D eigenvalue weighted by atomic mass is 32.2. The number of nitrogens with one attached hydrogen (secondary N) is 1. The van der Waals surface area contributed by atoms with Crippen LogP contribution in [-0.2, 0) is 10.2 Å². The van der Waals surface area contributed by atoms with Crippen molar-refractivity contribution in [2.24, 2.45) is 11.1 Å². The standard InChI is InChI=1S/C22H26N6O5S/c1-2-33-17-6-4-3-5-13(17)7-8-14-11-28(22-18(14)21(23)25-12-26-22)16-9-15(19(29)20(16)30)10-27-34(24,31)32/h3-6,11-12,15-16,19-20,27,29-30H,2,9-10H2,1H3,(H2,23,25,26)(H2,24,31,32)/t15-,16-,19-,20+/m1/s1. The number of nitrogen functional groups attached to an aromatic ring is 1. The quantitative estimate of drug-likeness (QED) is 0.299. The molecule has 1 aliphatic carbocycles. The molecule has 4 atom stereocenters. The van der Waals surface area contributed by atoms with Gasteiger partial charge in [0.1, 0.15) is 29.6 Å². The average Bonchev–Trinajstić information content (AvgIpc) is 3.30. The molecule has 0 radical (unpaired) electrons. The van der Waals surface area contributed by atoms with Crippen LogP contribution in [0, 0.1) is 17.8 Å². The summed E-state index contributed by atoms with van der Waals surface area (Å²) in [7, 11) is -3.93. The van der Waals surface area contributed by atoms with Gasteiger partial charge in [0.15, 0.2) is 0 Å². The number of nitrogens with zero attached hydrogens (tertiary/aromatic N) is 3. The van der Waals surface area contributed by atoms with E-state index in [4.69, 9.17) is 15.6 Å². The second-order valence-corrected chi connectivity index (χ2v) is 9.40. The Hall–Kier alpha value is -3.21. The molecular weight excluding hydrogens is 460 g/mol. The van der Waals surface area contributed by atoms with Crippen molar-refractivity contribution in [3.05, 3.63) is 47.9 Å². The molecule has 11 nitrogen and oxygen atoms in total. The van der Waals surface area contributed by atoms with E-state index in [1.807, 2.05) is 31.2 Å². The Balaban J connectivity index is 1.72. The number of benzene rings is 1. The van der Waals surface area contributed by atoms with Crippen molar-refractivity contribution in [3.63, 3.8) is 0 Å². The van der Waals surface area contributed by atoms with Gasteiger partial charge in [0.05, 0.1) is 35.3 Å². The van der Waals surface area contributed by atoms with Crippen LogP contribution < -0.4 is 20.3 Å². The number of rotatable bonds is 6. The molecule has 34 heavy (non-hydrogen) atoms. The number of aliphatic hydroxyl groups is 2. The Morgan fingerprint density at radius 1 is 1.21 bits per heavy atom. The van der Waals surface area contributed by atoms with E-state index in [2.05, 4.69) is 26.5 Å². The third kappa shape index (κ3) is 4.84. The van der Waals surface area contributed by atoms with Crippen LogP contribution in [0.1, 0.15) is 30.5 Å². The summed E-state index contributed by atoms with van der Waals surface area (Å²) in [4.78, 5) is 8.41. The van der Waals surface area contributed by atoms with Crippen molar-refractivity contribution in [3.8, 4) is 17.6 Å². The van der Waals surface area contributed by atoms with E-state index in [0.717, 1.165) is 0 Å². The van der Waals surface area contributed by atoms with Crippen LogP contribution in [0.2, 0.25) is 0 Å². The molecule has 0 aliphatic heterocycles. The smallest absolute Gasteiger partial charge is 0.274 e. The number of hydrogen-bond donors (Lipinski definition) is 5. The zero-order chi connectivity index (χ0) is 24.5. The van der Waals surface area contributed by atoms with Crippen LogP contribution in [0.5, 0.6) is 5.75 Å². The first-order valence-corrected chi connectivity index (χ1v) is 12.2. The maximum absolute atomic E-state index is 11.3. The largest absolute Gasteiger partial charge is 0.493 e. The maximum Gasteiger partial charge on any atom is 0.274 e. The lowest BCUT2D eigenvalue weighted by Gasteiger charge is -2.18. The van der Waals surface area contributed by atoms with Crippen molar-refractivity contribution in [1.29, 1.82) is 0 Å². The van der Waals surface area contributed by atoms with Crippen LogP contribution in [0.3, 0.4) is 0 Å². The molecule has 12 heteroatoms.